The van der Waals surface area contributed by atoms with Gasteiger partial charge >= 0.3 is 12.3 Å². The first-order valence-electron chi connectivity index (χ1n) is 4.48. The van der Waals surface area contributed by atoms with Crippen LogP contribution in [0.3, 0.4) is 0 Å². The molecule has 1 aromatic rings. The largest absolute Gasteiger partial charge is 0.516 e. The molecule has 1 rings (SSSR count). The first kappa shape index (κ1) is 14.4. The van der Waals surface area contributed by atoms with Gasteiger partial charge in [0.05, 0.1) is 0 Å². The average Bonchev–Trinajstić information content (AvgIpc) is 2.28. The van der Waals surface area contributed by atoms with Gasteiger partial charge in [-0.1, -0.05) is 49.6 Å². The van der Waals surface area contributed by atoms with Gasteiger partial charge in [-0.15, -0.1) is 0 Å². The predicted octanol–water partition coefficient (Wildman–Crippen LogP) is 3.33. The molecule has 0 saturated carbocycles. The molecule has 5 heteroatoms. The van der Waals surface area contributed by atoms with Crippen molar-refractivity contribution in [2.75, 3.05) is 0 Å². The Bertz CT molecular complexity index is 384. The van der Waals surface area contributed by atoms with Gasteiger partial charge in [0.1, 0.15) is 0 Å². The van der Waals surface area contributed by atoms with Gasteiger partial charge in [0.15, 0.2) is 0 Å². The maximum Gasteiger partial charge on any atom is 0.516 e. The minimum Gasteiger partial charge on any atom is -0.449 e. The van der Waals surface area contributed by atoms with E-state index in [9.17, 15) is 9.59 Å². The van der Waals surface area contributed by atoms with Crippen molar-refractivity contribution < 1.29 is 24.5 Å². The summed E-state index contributed by atoms with van der Waals surface area (Å²) in [5.74, 6) is 0. The smallest absolute Gasteiger partial charge is 0.449 e. The molecule has 5 nitrogen and oxygen atoms in total. The van der Waals surface area contributed by atoms with Crippen molar-refractivity contribution in [3.8, 4) is 0 Å². The molecule has 0 amide bonds. The third-order valence-corrected chi connectivity index (χ3v) is 1.61. The van der Waals surface area contributed by atoms with Crippen molar-refractivity contribution in [1.82, 2.24) is 0 Å². The predicted molar refractivity (Wildman–Crippen MR) is 63.8 cm³/mol. The highest BCUT2D eigenvalue weighted by Gasteiger charge is 2.01. The molecule has 0 saturated heterocycles. The molecule has 0 aliphatic heterocycles. The third-order valence-electron chi connectivity index (χ3n) is 1.61. The van der Waals surface area contributed by atoms with Gasteiger partial charge < -0.3 is 14.9 Å². The van der Waals surface area contributed by atoms with Crippen LogP contribution < -0.4 is 0 Å². The Balaban J connectivity index is 0.000000325. The minimum absolute atomic E-state index is 1.14. The summed E-state index contributed by atoms with van der Waals surface area (Å²) in [5, 5.41) is 15.0. The first-order valence-corrected chi connectivity index (χ1v) is 4.48. The second kappa shape index (κ2) is 7.70. The highest BCUT2D eigenvalue weighted by molar-refractivity contribution is 5.74. The molecule has 0 unspecified atom stereocenters. The van der Waals surface area contributed by atoms with Gasteiger partial charge in [-0.25, -0.2) is 9.59 Å². The fourth-order valence-corrected chi connectivity index (χ4v) is 0.957. The summed E-state index contributed by atoms with van der Waals surface area (Å²) in [6, 6.07) is 8.02. The van der Waals surface area contributed by atoms with Crippen molar-refractivity contribution in [3.63, 3.8) is 0 Å². The van der Waals surface area contributed by atoms with E-state index in [-0.39, 0.29) is 0 Å². The van der Waals surface area contributed by atoms with E-state index in [0.717, 1.165) is 11.1 Å². The van der Waals surface area contributed by atoms with Gasteiger partial charge in [-0.05, 0) is 11.1 Å². The van der Waals surface area contributed by atoms with E-state index in [1.54, 1.807) is 0 Å². The molecule has 0 aliphatic carbocycles. The monoisotopic (exact) mass is 236 g/mol. The molecule has 0 atom stereocenters. The lowest BCUT2D eigenvalue weighted by molar-refractivity contribution is 0.0802. The molecular weight excluding hydrogens is 224 g/mol. The SMILES string of the molecule is C=Cc1ccccc1C=C.O=C(O)OC(=O)O. The number of hydrogen-bond acceptors (Lipinski definition) is 3. The molecule has 0 spiro atoms. The van der Waals surface area contributed by atoms with Gasteiger partial charge in [-0.3, -0.25) is 0 Å². The van der Waals surface area contributed by atoms with E-state index >= 15 is 0 Å². The lowest BCUT2D eigenvalue weighted by Gasteiger charge is -1.96. The van der Waals surface area contributed by atoms with E-state index in [4.69, 9.17) is 10.2 Å². The maximum atomic E-state index is 9.21. The van der Waals surface area contributed by atoms with Crippen LogP contribution in [-0.4, -0.2) is 22.5 Å². The van der Waals surface area contributed by atoms with Crippen molar-refractivity contribution in [2.45, 2.75) is 0 Å². The topological polar surface area (TPSA) is 83.8 Å². The first-order chi connectivity index (χ1) is 8.01. The van der Waals surface area contributed by atoms with E-state index in [2.05, 4.69) is 17.9 Å². The lowest BCUT2D eigenvalue weighted by atomic mass is 10.1. The van der Waals surface area contributed by atoms with Crippen LogP contribution in [0, 0.1) is 0 Å². The van der Waals surface area contributed by atoms with E-state index in [0.29, 0.717) is 0 Å². The molecule has 0 aliphatic rings. The molecule has 1 aromatic carbocycles. The molecule has 90 valence electrons. The molecule has 17 heavy (non-hydrogen) atoms. The summed E-state index contributed by atoms with van der Waals surface area (Å²) >= 11 is 0. The van der Waals surface area contributed by atoms with Crippen LogP contribution >= 0.6 is 0 Å². The fraction of sp³-hybridized carbons (Fsp3) is 0. The van der Waals surface area contributed by atoms with Gasteiger partial charge in [0.2, 0.25) is 0 Å². The van der Waals surface area contributed by atoms with E-state index in [1.807, 2.05) is 36.4 Å². The number of hydrogen-bond donors (Lipinski definition) is 2. The molecule has 2 N–H and O–H groups in total. The number of carbonyl (C=O) groups is 2. The van der Waals surface area contributed by atoms with Crippen LogP contribution in [0.15, 0.2) is 37.4 Å². The summed E-state index contributed by atoms with van der Waals surface area (Å²) in [6.45, 7) is 7.38. The van der Waals surface area contributed by atoms with Crippen LogP contribution in [0.5, 0.6) is 0 Å². The summed E-state index contributed by atoms with van der Waals surface area (Å²) in [5.41, 5.74) is 2.27. The summed E-state index contributed by atoms with van der Waals surface area (Å²) in [4.78, 5) is 18.4. The van der Waals surface area contributed by atoms with Gasteiger partial charge in [0, 0.05) is 0 Å². The van der Waals surface area contributed by atoms with Crippen molar-refractivity contribution >= 4 is 24.5 Å². The molecule has 0 fully saturated rings. The summed E-state index contributed by atoms with van der Waals surface area (Å²) in [7, 11) is 0. The van der Waals surface area contributed by atoms with Crippen LogP contribution in [0.2, 0.25) is 0 Å². The Labute approximate surface area is 98.3 Å². The standard InChI is InChI=1S/C10H10.C2H2O5/c1-3-9-7-5-6-8-10(9)4-2;3-1(4)7-2(5)6/h3-8H,1-2H2;(H,3,4)(H,5,6). The molecule has 0 radical (unpaired) electrons. The number of ether oxygens (including phenoxy) is 1. The Kier molecular flexibility index (Phi) is 6.54. The Morgan fingerprint density at radius 2 is 1.35 bits per heavy atom. The zero-order chi connectivity index (χ0) is 13.3. The minimum atomic E-state index is -1.81. The van der Waals surface area contributed by atoms with Gasteiger partial charge in [-0.2, -0.15) is 0 Å². The van der Waals surface area contributed by atoms with Gasteiger partial charge in [0.25, 0.3) is 0 Å². The fourth-order valence-electron chi connectivity index (χ4n) is 0.957. The Morgan fingerprint density at radius 1 is 1.00 bits per heavy atom. The highest BCUT2D eigenvalue weighted by atomic mass is 16.7. The maximum absolute atomic E-state index is 9.21. The van der Waals surface area contributed by atoms with Crippen LogP contribution in [0.25, 0.3) is 12.2 Å². The average molecular weight is 236 g/mol. The third kappa shape index (κ3) is 6.51. The van der Waals surface area contributed by atoms with Crippen molar-refractivity contribution in [1.29, 1.82) is 0 Å². The van der Waals surface area contributed by atoms with Crippen LogP contribution in [-0.2, 0) is 4.74 Å². The van der Waals surface area contributed by atoms with Crippen LogP contribution in [0.1, 0.15) is 11.1 Å². The Morgan fingerprint density at radius 3 is 1.53 bits per heavy atom. The second-order valence-corrected chi connectivity index (χ2v) is 2.67. The Hall–Kier alpha value is -2.56. The molecule has 0 aromatic heterocycles. The molecular formula is C12H12O5. The van der Waals surface area contributed by atoms with Crippen LogP contribution in [0.4, 0.5) is 9.59 Å². The quantitative estimate of drug-likeness (QED) is 0.607. The zero-order valence-corrected chi connectivity index (χ0v) is 9.00. The number of carboxylic acid groups (broad SMARTS) is 2. The molecule has 0 heterocycles. The highest BCUT2D eigenvalue weighted by Crippen LogP contribution is 2.10. The lowest BCUT2D eigenvalue weighted by Crippen LogP contribution is -2.05. The number of rotatable bonds is 2. The molecule has 0 bridgehead atoms. The van der Waals surface area contributed by atoms with Crippen molar-refractivity contribution in [2.24, 2.45) is 0 Å². The zero-order valence-electron chi connectivity index (χ0n) is 9.00. The van der Waals surface area contributed by atoms with Crippen molar-refractivity contribution in [3.05, 3.63) is 48.6 Å². The summed E-state index contributed by atoms with van der Waals surface area (Å²) < 4.78 is 3.08. The number of benzene rings is 1. The normalized spacial score (nSPS) is 8.24. The van der Waals surface area contributed by atoms with E-state index < -0.39 is 12.3 Å². The summed E-state index contributed by atoms with van der Waals surface area (Å²) in [6.07, 6.45) is 0.0357. The van der Waals surface area contributed by atoms with E-state index in [1.165, 1.54) is 0 Å². The second-order valence-electron chi connectivity index (χ2n) is 2.67.